The molecule has 0 aliphatic carbocycles. The normalized spacial score (nSPS) is 11.3. The lowest BCUT2D eigenvalue weighted by Crippen LogP contribution is -2.27. The smallest absolute Gasteiger partial charge is 0.221 e. The van der Waals surface area contributed by atoms with Gasteiger partial charge in [0.1, 0.15) is 11.3 Å². The number of hydrogen-bond acceptors (Lipinski definition) is 5. The number of benzene rings is 1. The second kappa shape index (κ2) is 8.81. The zero-order chi connectivity index (χ0) is 19.2. The Morgan fingerprint density at radius 1 is 1.22 bits per heavy atom. The lowest BCUT2D eigenvalue weighted by Gasteiger charge is -2.11. The van der Waals surface area contributed by atoms with Gasteiger partial charge in [0, 0.05) is 37.9 Å². The Balaban J connectivity index is 1.93. The molecule has 0 saturated heterocycles. The highest BCUT2D eigenvalue weighted by Crippen LogP contribution is 2.29. The van der Waals surface area contributed by atoms with Crippen molar-refractivity contribution in [3.8, 4) is 0 Å². The Hall–Kier alpha value is -2.67. The molecule has 7 heteroatoms. The van der Waals surface area contributed by atoms with Crippen LogP contribution in [0.15, 0.2) is 24.3 Å². The first kappa shape index (κ1) is 19.1. The predicted octanol–water partition coefficient (Wildman–Crippen LogP) is 2.36. The van der Waals surface area contributed by atoms with E-state index in [2.05, 4.69) is 27.9 Å². The summed E-state index contributed by atoms with van der Waals surface area (Å²) in [5.74, 6) is 1.50. The van der Waals surface area contributed by atoms with E-state index in [4.69, 9.17) is 16.5 Å². The number of imidazole rings is 1. The number of hydrogen-bond donors (Lipinski definition) is 3. The van der Waals surface area contributed by atoms with Crippen molar-refractivity contribution in [2.24, 2.45) is 5.73 Å². The topological polar surface area (TPSA) is 112 Å². The number of unbranched alkanes of at least 4 members (excludes halogenated alkanes) is 1. The Kier molecular flexibility index (Phi) is 6.24. The third-order valence-corrected chi connectivity index (χ3v) is 4.70. The van der Waals surface area contributed by atoms with E-state index >= 15 is 0 Å². The van der Waals surface area contributed by atoms with Crippen LogP contribution < -0.4 is 16.8 Å². The van der Waals surface area contributed by atoms with Crippen LogP contribution in [0.5, 0.6) is 0 Å². The zero-order valence-corrected chi connectivity index (χ0v) is 15.9. The second-order valence-electron chi connectivity index (χ2n) is 6.74. The Labute approximate surface area is 159 Å². The zero-order valence-electron chi connectivity index (χ0n) is 15.9. The van der Waals surface area contributed by atoms with E-state index in [0.717, 1.165) is 60.0 Å². The molecule has 7 nitrogen and oxygen atoms in total. The van der Waals surface area contributed by atoms with Crippen LogP contribution in [0.1, 0.15) is 38.4 Å². The van der Waals surface area contributed by atoms with Crippen molar-refractivity contribution < 1.29 is 4.79 Å². The number of para-hydroxylation sites is 1. The number of amides is 1. The molecule has 0 radical (unpaired) electrons. The minimum absolute atomic E-state index is 0.00177. The molecule has 1 amide bonds. The summed E-state index contributed by atoms with van der Waals surface area (Å²) in [7, 11) is 0. The predicted molar refractivity (Wildman–Crippen MR) is 109 cm³/mol. The average molecular weight is 368 g/mol. The highest BCUT2D eigenvalue weighted by atomic mass is 16.1. The summed E-state index contributed by atoms with van der Waals surface area (Å²) in [6.45, 7) is 3.93. The number of nitrogens with one attached hydrogen (secondary N) is 1. The minimum Gasteiger partial charge on any atom is -0.382 e. The van der Waals surface area contributed by atoms with Crippen molar-refractivity contribution in [1.82, 2.24) is 19.9 Å². The molecule has 3 rings (SSSR count). The van der Waals surface area contributed by atoms with E-state index in [0.29, 0.717) is 25.3 Å². The molecule has 5 N–H and O–H groups in total. The number of nitrogens with two attached hydrogens (primary N) is 2. The maximum Gasteiger partial charge on any atom is 0.221 e. The van der Waals surface area contributed by atoms with Crippen LogP contribution >= 0.6 is 0 Å². The van der Waals surface area contributed by atoms with Gasteiger partial charge in [-0.05, 0) is 18.9 Å². The number of carbonyl (C=O) groups excluding carboxylic acids is 1. The lowest BCUT2D eigenvalue weighted by atomic mass is 10.2. The summed E-state index contributed by atoms with van der Waals surface area (Å²) in [6, 6.07) is 8.01. The van der Waals surface area contributed by atoms with Gasteiger partial charge < -0.3 is 21.4 Å². The highest BCUT2D eigenvalue weighted by Gasteiger charge is 2.16. The maximum atomic E-state index is 11.6. The maximum absolute atomic E-state index is 11.6. The number of nitrogen functional groups attached to an aromatic ring is 1. The third kappa shape index (κ3) is 4.19. The van der Waals surface area contributed by atoms with E-state index in [1.807, 2.05) is 18.2 Å². The summed E-state index contributed by atoms with van der Waals surface area (Å²) in [5.41, 5.74) is 14.3. The molecular formula is C20H28N6O. The second-order valence-corrected chi connectivity index (χ2v) is 6.74. The molecule has 3 aromatic rings. The molecule has 0 fully saturated rings. The molecule has 27 heavy (non-hydrogen) atoms. The molecule has 0 aliphatic heterocycles. The third-order valence-electron chi connectivity index (χ3n) is 4.70. The number of rotatable bonds is 9. The van der Waals surface area contributed by atoms with Crippen molar-refractivity contribution in [2.45, 2.75) is 45.6 Å². The summed E-state index contributed by atoms with van der Waals surface area (Å²) in [5, 5.41) is 3.97. The van der Waals surface area contributed by atoms with Crippen molar-refractivity contribution >= 4 is 33.7 Å². The number of aryl methyl sites for hydroxylation is 2. The molecule has 0 aliphatic rings. The van der Waals surface area contributed by atoms with Crippen molar-refractivity contribution in [1.29, 1.82) is 0 Å². The van der Waals surface area contributed by atoms with E-state index < -0.39 is 0 Å². The van der Waals surface area contributed by atoms with Crippen molar-refractivity contribution in [2.75, 3.05) is 18.8 Å². The Bertz CT molecular complexity index is 933. The molecule has 0 atom stereocenters. The molecule has 2 heterocycles. The van der Waals surface area contributed by atoms with Gasteiger partial charge in [0.15, 0.2) is 5.82 Å². The van der Waals surface area contributed by atoms with Gasteiger partial charge in [0.05, 0.1) is 11.0 Å². The summed E-state index contributed by atoms with van der Waals surface area (Å²) < 4.78 is 2.25. The number of aromatic nitrogens is 3. The number of carbonyl (C=O) groups is 1. The first-order valence-electron chi connectivity index (χ1n) is 9.65. The van der Waals surface area contributed by atoms with Gasteiger partial charge in [-0.1, -0.05) is 31.5 Å². The standard InChI is InChI=1S/C20H28N6O/c1-2-3-9-16-25-18-19(14-7-4-5-8-15(14)24-20(18)22)26(16)13-6-12-23-17(27)10-11-21/h4-5,7-8H,2-3,6,9-13,21H2,1H3,(H2,22,24)(H,23,27). The molecule has 1 aromatic carbocycles. The van der Waals surface area contributed by atoms with Crippen LogP contribution in [0.25, 0.3) is 21.9 Å². The van der Waals surface area contributed by atoms with Crippen LogP contribution in [-0.2, 0) is 17.8 Å². The number of fused-ring (bicyclic) bond motifs is 3. The van der Waals surface area contributed by atoms with Crippen LogP contribution in [0, 0.1) is 0 Å². The van der Waals surface area contributed by atoms with Crippen LogP contribution in [0.3, 0.4) is 0 Å². The van der Waals surface area contributed by atoms with Gasteiger partial charge in [-0.15, -0.1) is 0 Å². The van der Waals surface area contributed by atoms with E-state index in [1.165, 1.54) is 0 Å². The fourth-order valence-electron chi connectivity index (χ4n) is 3.36. The molecular weight excluding hydrogens is 340 g/mol. The molecule has 144 valence electrons. The molecule has 0 unspecified atom stereocenters. The molecule has 0 saturated carbocycles. The Morgan fingerprint density at radius 2 is 2.04 bits per heavy atom. The van der Waals surface area contributed by atoms with E-state index in [9.17, 15) is 4.79 Å². The summed E-state index contributed by atoms with van der Waals surface area (Å²) in [6.07, 6.45) is 4.26. The Morgan fingerprint density at radius 3 is 2.81 bits per heavy atom. The average Bonchev–Trinajstić information content (AvgIpc) is 3.03. The number of pyridine rings is 1. The summed E-state index contributed by atoms with van der Waals surface area (Å²) in [4.78, 5) is 20.9. The summed E-state index contributed by atoms with van der Waals surface area (Å²) >= 11 is 0. The van der Waals surface area contributed by atoms with Crippen LogP contribution in [0.4, 0.5) is 5.82 Å². The quantitative estimate of drug-likeness (QED) is 0.502. The van der Waals surface area contributed by atoms with Gasteiger partial charge in [-0.3, -0.25) is 4.79 Å². The van der Waals surface area contributed by atoms with E-state index in [-0.39, 0.29) is 5.91 Å². The van der Waals surface area contributed by atoms with Gasteiger partial charge in [0.25, 0.3) is 0 Å². The lowest BCUT2D eigenvalue weighted by molar-refractivity contribution is -0.120. The number of nitrogens with zero attached hydrogens (tertiary/aromatic N) is 3. The van der Waals surface area contributed by atoms with E-state index in [1.54, 1.807) is 0 Å². The van der Waals surface area contributed by atoms with Crippen LogP contribution in [-0.4, -0.2) is 33.5 Å². The number of anilines is 1. The molecule has 2 aromatic heterocycles. The highest BCUT2D eigenvalue weighted by molar-refractivity contribution is 6.06. The SMILES string of the molecule is CCCCc1nc2c(N)nc3ccccc3c2n1CCCNC(=O)CCN. The first-order valence-corrected chi connectivity index (χ1v) is 9.65. The minimum atomic E-state index is -0.00177. The molecule has 0 bridgehead atoms. The fourth-order valence-corrected chi connectivity index (χ4v) is 3.36. The van der Waals surface area contributed by atoms with Crippen molar-refractivity contribution in [3.63, 3.8) is 0 Å². The van der Waals surface area contributed by atoms with Gasteiger partial charge in [0.2, 0.25) is 5.91 Å². The molecule has 0 spiro atoms. The van der Waals surface area contributed by atoms with Gasteiger partial charge >= 0.3 is 0 Å². The fraction of sp³-hybridized carbons (Fsp3) is 0.450. The van der Waals surface area contributed by atoms with Crippen LogP contribution in [0.2, 0.25) is 0 Å². The van der Waals surface area contributed by atoms with Gasteiger partial charge in [-0.25, -0.2) is 9.97 Å². The van der Waals surface area contributed by atoms with Gasteiger partial charge in [-0.2, -0.15) is 0 Å². The largest absolute Gasteiger partial charge is 0.382 e. The monoisotopic (exact) mass is 368 g/mol. The van der Waals surface area contributed by atoms with Crippen molar-refractivity contribution in [3.05, 3.63) is 30.1 Å². The first-order chi connectivity index (χ1) is 13.2.